The third-order valence-corrected chi connectivity index (χ3v) is 3.55. The topological polar surface area (TPSA) is 46.3 Å². The van der Waals surface area contributed by atoms with Crippen LogP contribution in [0.2, 0.25) is 0 Å². The van der Waals surface area contributed by atoms with Crippen LogP contribution in [0.25, 0.3) is 0 Å². The number of nitrogens with zero attached hydrogens (tertiary/aromatic N) is 1. The van der Waals surface area contributed by atoms with Gasteiger partial charge in [0.25, 0.3) is 5.91 Å². The summed E-state index contributed by atoms with van der Waals surface area (Å²) in [5.74, 6) is 0.0358. The number of benzene rings is 2. The Kier molecular flexibility index (Phi) is 4.08. The van der Waals surface area contributed by atoms with Crippen molar-refractivity contribution in [2.24, 2.45) is 0 Å². The molecule has 2 rings (SSSR count). The number of carbonyl (C=O) groups is 1. The van der Waals surface area contributed by atoms with Gasteiger partial charge in [0.2, 0.25) is 0 Å². The van der Waals surface area contributed by atoms with Crippen molar-refractivity contribution in [2.75, 3.05) is 12.8 Å². The Morgan fingerprint density at radius 1 is 1.15 bits per heavy atom. The zero-order valence-corrected chi connectivity index (χ0v) is 12.2. The molecule has 0 aliphatic heterocycles. The van der Waals surface area contributed by atoms with Crippen molar-refractivity contribution in [1.29, 1.82) is 0 Å². The van der Waals surface area contributed by atoms with Crippen molar-refractivity contribution in [1.82, 2.24) is 4.90 Å². The van der Waals surface area contributed by atoms with Crippen LogP contribution in [-0.4, -0.2) is 17.9 Å². The van der Waals surface area contributed by atoms with E-state index in [1.54, 1.807) is 4.90 Å². The summed E-state index contributed by atoms with van der Waals surface area (Å²) in [6.45, 7) is 4.55. The molecule has 0 aliphatic carbocycles. The standard InChI is InChI=1S/C17H20N2O/c1-12-6-4-9-16(13(12)2)17(20)19(3)11-14-7-5-8-15(18)10-14/h4-10H,11,18H2,1-3H3. The molecule has 104 valence electrons. The van der Waals surface area contributed by atoms with Crippen LogP contribution in [0.3, 0.4) is 0 Å². The van der Waals surface area contributed by atoms with Gasteiger partial charge in [-0.2, -0.15) is 0 Å². The second-order valence-corrected chi connectivity index (χ2v) is 5.15. The fraction of sp³-hybridized carbons (Fsp3) is 0.235. The molecule has 0 radical (unpaired) electrons. The molecule has 3 heteroatoms. The van der Waals surface area contributed by atoms with Crippen LogP contribution in [0.15, 0.2) is 42.5 Å². The van der Waals surface area contributed by atoms with Gasteiger partial charge < -0.3 is 10.6 Å². The first kappa shape index (κ1) is 14.1. The normalized spacial score (nSPS) is 10.3. The molecule has 0 fully saturated rings. The first-order valence-electron chi connectivity index (χ1n) is 6.65. The lowest BCUT2D eigenvalue weighted by molar-refractivity contribution is 0.0784. The third-order valence-electron chi connectivity index (χ3n) is 3.55. The fourth-order valence-corrected chi connectivity index (χ4v) is 2.23. The van der Waals surface area contributed by atoms with E-state index in [9.17, 15) is 4.79 Å². The summed E-state index contributed by atoms with van der Waals surface area (Å²) < 4.78 is 0. The van der Waals surface area contributed by atoms with Crippen LogP contribution >= 0.6 is 0 Å². The van der Waals surface area contributed by atoms with E-state index in [1.165, 1.54) is 0 Å². The maximum atomic E-state index is 12.5. The highest BCUT2D eigenvalue weighted by Crippen LogP contribution is 2.16. The van der Waals surface area contributed by atoms with Gasteiger partial charge in [0.1, 0.15) is 0 Å². The highest BCUT2D eigenvalue weighted by atomic mass is 16.2. The lowest BCUT2D eigenvalue weighted by atomic mass is 10.0. The van der Waals surface area contributed by atoms with Crippen LogP contribution in [0.4, 0.5) is 5.69 Å². The molecule has 20 heavy (non-hydrogen) atoms. The number of hydrogen-bond donors (Lipinski definition) is 1. The summed E-state index contributed by atoms with van der Waals surface area (Å²) in [4.78, 5) is 14.2. The Balaban J connectivity index is 2.19. The molecule has 2 aromatic carbocycles. The highest BCUT2D eigenvalue weighted by Gasteiger charge is 2.15. The van der Waals surface area contributed by atoms with Gasteiger partial charge in [-0.3, -0.25) is 4.79 Å². The van der Waals surface area contributed by atoms with Crippen molar-refractivity contribution >= 4 is 11.6 Å². The average molecular weight is 268 g/mol. The lowest BCUT2D eigenvalue weighted by Gasteiger charge is -2.19. The van der Waals surface area contributed by atoms with E-state index in [2.05, 4.69) is 0 Å². The number of carbonyl (C=O) groups excluding carboxylic acids is 1. The molecule has 0 heterocycles. The van der Waals surface area contributed by atoms with Crippen LogP contribution in [0.1, 0.15) is 27.0 Å². The molecule has 0 aromatic heterocycles. The SMILES string of the molecule is Cc1cccc(C(=O)N(C)Cc2cccc(N)c2)c1C. The quantitative estimate of drug-likeness (QED) is 0.869. The van der Waals surface area contributed by atoms with E-state index in [0.717, 1.165) is 27.9 Å². The lowest BCUT2D eigenvalue weighted by Crippen LogP contribution is -2.27. The van der Waals surface area contributed by atoms with Gasteiger partial charge in [-0.15, -0.1) is 0 Å². The Morgan fingerprint density at radius 3 is 2.55 bits per heavy atom. The Bertz CT molecular complexity index is 635. The number of hydrogen-bond acceptors (Lipinski definition) is 2. The molecule has 0 aliphatic rings. The zero-order valence-electron chi connectivity index (χ0n) is 12.2. The zero-order chi connectivity index (χ0) is 14.7. The Labute approximate surface area is 120 Å². The minimum Gasteiger partial charge on any atom is -0.399 e. The summed E-state index contributed by atoms with van der Waals surface area (Å²) >= 11 is 0. The highest BCUT2D eigenvalue weighted by molar-refractivity contribution is 5.95. The van der Waals surface area contributed by atoms with Crippen LogP contribution in [0.5, 0.6) is 0 Å². The van der Waals surface area contributed by atoms with Gasteiger partial charge in [0, 0.05) is 24.8 Å². The maximum Gasteiger partial charge on any atom is 0.254 e. The summed E-state index contributed by atoms with van der Waals surface area (Å²) in [5, 5.41) is 0. The minimum absolute atomic E-state index is 0.0358. The Hall–Kier alpha value is -2.29. The third kappa shape index (κ3) is 2.99. The van der Waals surface area contributed by atoms with E-state index in [4.69, 9.17) is 5.73 Å². The maximum absolute atomic E-state index is 12.5. The monoisotopic (exact) mass is 268 g/mol. The summed E-state index contributed by atoms with van der Waals surface area (Å²) in [6.07, 6.45) is 0. The largest absolute Gasteiger partial charge is 0.399 e. The number of nitrogen functional groups attached to an aromatic ring is 1. The molecule has 0 saturated heterocycles. The van der Waals surface area contributed by atoms with Crippen molar-refractivity contribution < 1.29 is 4.79 Å². The van der Waals surface area contributed by atoms with Gasteiger partial charge >= 0.3 is 0 Å². The van der Waals surface area contributed by atoms with Gasteiger partial charge in [-0.1, -0.05) is 24.3 Å². The molecule has 1 amide bonds. The molecule has 2 N–H and O–H groups in total. The molecule has 0 atom stereocenters. The molecular weight excluding hydrogens is 248 g/mol. The number of amides is 1. The summed E-state index contributed by atoms with van der Waals surface area (Å²) in [7, 11) is 1.81. The first-order valence-corrected chi connectivity index (χ1v) is 6.65. The second-order valence-electron chi connectivity index (χ2n) is 5.15. The molecule has 0 unspecified atom stereocenters. The minimum atomic E-state index is 0.0358. The molecule has 0 bridgehead atoms. The predicted octanol–water partition coefficient (Wildman–Crippen LogP) is 3.16. The van der Waals surface area contributed by atoms with E-state index in [0.29, 0.717) is 6.54 Å². The predicted molar refractivity (Wildman–Crippen MR) is 82.6 cm³/mol. The molecule has 3 nitrogen and oxygen atoms in total. The van der Waals surface area contributed by atoms with Gasteiger partial charge in [-0.25, -0.2) is 0 Å². The van der Waals surface area contributed by atoms with Crippen molar-refractivity contribution in [3.8, 4) is 0 Å². The second kappa shape index (κ2) is 5.78. The van der Waals surface area contributed by atoms with Crippen LogP contribution in [0, 0.1) is 13.8 Å². The summed E-state index contributed by atoms with van der Waals surface area (Å²) in [6, 6.07) is 13.4. The van der Waals surface area contributed by atoms with Crippen molar-refractivity contribution in [3.05, 3.63) is 64.7 Å². The van der Waals surface area contributed by atoms with E-state index >= 15 is 0 Å². The van der Waals surface area contributed by atoms with E-state index < -0.39 is 0 Å². The van der Waals surface area contributed by atoms with Crippen LogP contribution in [-0.2, 0) is 6.54 Å². The van der Waals surface area contributed by atoms with Gasteiger partial charge in [-0.05, 0) is 48.7 Å². The van der Waals surface area contributed by atoms with Gasteiger partial charge in [0.05, 0.1) is 0 Å². The summed E-state index contributed by atoms with van der Waals surface area (Å²) in [5.41, 5.74) is 10.4. The smallest absolute Gasteiger partial charge is 0.254 e. The van der Waals surface area contributed by atoms with Gasteiger partial charge in [0.15, 0.2) is 0 Å². The average Bonchev–Trinajstić information content (AvgIpc) is 2.41. The number of aryl methyl sites for hydroxylation is 1. The number of rotatable bonds is 3. The number of anilines is 1. The number of nitrogens with two attached hydrogens (primary N) is 1. The molecule has 0 saturated carbocycles. The van der Waals surface area contributed by atoms with Crippen molar-refractivity contribution in [2.45, 2.75) is 20.4 Å². The van der Waals surface area contributed by atoms with E-state index in [1.807, 2.05) is 63.4 Å². The Morgan fingerprint density at radius 2 is 1.85 bits per heavy atom. The van der Waals surface area contributed by atoms with Crippen LogP contribution < -0.4 is 5.73 Å². The molecule has 2 aromatic rings. The van der Waals surface area contributed by atoms with Crippen molar-refractivity contribution in [3.63, 3.8) is 0 Å². The van der Waals surface area contributed by atoms with E-state index in [-0.39, 0.29) is 5.91 Å². The molecule has 0 spiro atoms. The molecular formula is C17H20N2O. The fourth-order valence-electron chi connectivity index (χ4n) is 2.23. The first-order chi connectivity index (χ1) is 9.49.